The van der Waals surface area contributed by atoms with Crippen LogP contribution in [0.3, 0.4) is 0 Å². The molecule has 2 amide bonds. The zero-order chi connectivity index (χ0) is 8.43. The van der Waals surface area contributed by atoms with Gasteiger partial charge in [0, 0.05) is 11.1 Å². The fourth-order valence-corrected chi connectivity index (χ4v) is 1.28. The number of imide groups is 1. The largest absolute Gasteiger partial charge is 0.289 e. The van der Waals surface area contributed by atoms with Crippen LogP contribution in [0.1, 0.15) is 26.7 Å². The van der Waals surface area contributed by atoms with E-state index in [4.69, 9.17) is 0 Å². The smallest absolute Gasteiger partial charge is 0.254 e. The van der Waals surface area contributed by atoms with Crippen LogP contribution in [0.5, 0.6) is 0 Å². The Morgan fingerprint density at radius 2 is 1.36 bits per heavy atom. The van der Waals surface area contributed by atoms with E-state index in [2.05, 4.69) is 5.32 Å². The van der Waals surface area contributed by atoms with E-state index >= 15 is 0 Å². The van der Waals surface area contributed by atoms with Gasteiger partial charge >= 0.3 is 0 Å². The Hall–Kier alpha value is -1.12. The van der Waals surface area contributed by atoms with Gasteiger partial charge in [0.05, 0.1) is 0 Å². The van der Waals surface area contributed by atoms with Crippen molar-refractivity contribution in [2.24, 2.45) is 0 Å². The molecule has 1 heterocycles. The molecule has 3 heteroatoms. The molecule has 0 saturated carbocycles. The first kappa shape index (κ1) is 7.98. The molecule has 11 heavy (non-hydrogen) atoms. The molecule has 0 aromatic carbocycles. The van der Waals surface area contributed by atoms with Crippen molar-refractivity contribution in [2.75, 3.05) is 0 Å². The average molecular weight is 153 g/mol. The minimum Gasteiger partial charge on any atom is -0.289 e. The van der Waals surface area contributed by atoms with Crippen LogP contribution in [0, 0.1) is 0 Å². The number of hydrogen-bond donors (Lipinski definition) is 1. The fraction of sp³-hybridized carbons (Fsp3) is 0.500. The summed E-state index contributed by atoms with van der Waals surface area (Å²) in [5.74, 6) is -0.427. The van der Waals surface area contributed by atoms with Gasteiger partial charge in [-0.2, -0.15) is 0 Å². The maximum Gasteiger partial charge on any atom is 0.254 e. The Morgan fingerprint density at radius 1 is 1.00 bits per heavy atom. The Labute approximate surface area is 65.5 Å². The number of carbonyl (C=O) groups excluding carboxylic acids is 2. The zero-order valence-corrected chi connectivity index (χ0v) is 6.73. The van der Waals surface area contributed by atoms with Gasteiger partial charge in [-0.1, -0.05) is 13.8 Å². The topological polar surface area (TPSA) is 46.2 Å². The number of rotatable bonds is 2. The highest BCUT2D eigenvalue weighted by atomic mass is 16.2. The molecular formula is C8H11NO2. The van der Waals surface area contributed by atoms with Gasteiger partial charge in [0.2, 0.25) is 0 Å². The standard InChI is InChI=1S/C8H11NO2/c1-3-5-6(4-2)8(11)9-7(5)10/h3-4H2,1-2H3,(H,9,10,11). The second-order valence-corrected chi connectivity index (χ2v) is 2.45. The molecule has 0 aromatic rings. The van der Waals surface area contributed by atoms with Crippen LogP contribution in [0.4, 0.5) is 0 Å². The molecule has 0 saturated heterocycles. The molecule has 1 N–H and O–H groups in total. The number of carbonyl (C=O) groups is 2. The fourth-order valence-electron chi connectivity index (χ4n) is 1.28. The Morgan fingerprint density at radius 3 is 1.64 bits per heavy atom. The molecule has 0 bridgehead atoms. The number of amides is 2. The van der Waals surface area contributed by atoms with E-state index in [-0.39, 0.29) is 11.8 Å². The minimum absolute atomic E-state index is 0.214. The molecule has 0 aliphatic carbocycles. The first-order valence-electron chi connectivity index (χ1n) is 3.78. The number of nitrogens with one attached hydrogen (secondary N) is 1. The van der Waals surface area contributed by atoms with Gasteiger partial charge in [0.25, 0.3) is 11.8 Å². The van der Waals surface area contributed by atoms with Crippen molar-refractivity contribution in [3.63, 3.8) is 0 Å². The van der Waals surface area contributed by atoms with Crippen molar-refractivity contribution in [3.8, 4) is 0 Å². The lowest BCUT2D eigenvalue weighted by molar-refractivity contribution is -0.124. The first-order valence-corrected chi connectivity index (χ1v) is 3.78. The zero-order valence-electron chi connectivity index (χ0n) is 6.73. The Balaban J connectivity index is 3.02. The summed E-state index contributed by atoms with van der Waals surface area (Å²) in [6.07, 6.45) is 1.28. The highest BCUT2D eigenvalue weighted by molar-refractivity contribution is 6.19. The Bertz CT molecular complexity index is 216. The van der Waals surface area contributed by atoms with E-state index in [0.29, 0.717) is 24.0 Å². The van der Waals surface area contributed by atoms with Crippen LogP contribution in [-0.2, 0) is 9.59 Å². The number of hydrogen-bond acceptors (Lipinski definition) is 2. The molecule has 3 nitrogen and oxygen atoms in total. The summed E-state index contributed by atoms with van der Waals surface area (Å²) in [5, 5.41) is 2.27. The third kappa shape index (κ3) is 1.18. The average Bonchev–Trinajstić information content (AvgIpc) is 2.24. The van der Waals surface area contributed by atoms with Crippen LogP contribution >= 0.6 is 0 Å². The summed E-state index contributed by atoms with van der Waals surface area (Å²) in [5.41, 5.74) is 1.30. The Kier molecular flexibility index (Phi) is 2.08. The summed E-state index contributed by atoms with van der Waals surface area (Å²) in [6, 6.07) is 0. The maximum absolute atomic E-state index is 11.0. The summed E-state index contributed by atoms with van der Waals surface area (Å²) in [4.78, 5) is 22.0. The second-order valence-electron chi connectivity index (χ2n) is 2.45. The summed E-state index contributed by atoms with van der Waals surface area (Å²) in [7, 11) is 0. The lowest BCUT2D eigenvalue weighted by atomic mass is 10.1. The normalized spacial score (nSPS) is 17.6. The van der Waals surface area contributed by atoms with Gasteiger partial charge < -0.3 is 0 Å². The van der Waals surface area contributed by atoms with E-state index in [9.17, 15) is 9.59 Å². The van der Waals surface area contributed by atoms with E-state index in [0.717, 1.165) is 0 Å². The predicted octanol–water partition coefficient (Wildman–Crippen LogP) is 0.759. The first-order chi connectivity index (χ1) is 5.20. The molecular weight excluding hydrogens is 142 g/mol. The van der Waals surface area contributed by atoms with Crippen LogP contribution in [0.25, 0.3) is 0 Å². The third-order valence-electron chi connectivity index (χ3n) is 1.85. The molecule has 0 fully saturated rings. The van der Waals surface area contributed by atoms with Crippen molar-refractivity contribution < 1.29 is 9.59 Å². The van der Waals surface area contributed by atoms with Crippen LogP contribution in [-0.4, -0.2) is 11.8 Å². The molecule has 0 unspecified atom stereocenters. The van der Waals surface area contributed by atoms with Crippen molar-refractivity contribution in [2.45, 2.75) is 26.7 Å². The molecule has 0 radical (unpaired) electrons. The lowest BCUT2D eigenvalue weighted by Gasteiger charge is -1.93. The summed E-state index contributed by atoms with van der Waals surface area (Å²) >= 11 is 0. The lowest BCUT2D eigenvalue weighted by Crippen LogP contribution is -2.23. The van der Waals surface area contributed by atoms with Crippen molar-refractivity contribution >= 4 is 11.8 Å². The van der Waals surface area contributed by atoms with Gasteiger partial charge in [-0.25, -0.2) is 0 Å². The van der Waals surface area contributed by atoms with Crippen molar-refractivity contribution in [1.29, 1.82) is 0 Å². The SMILES string of the molecule is CCC1=C(CC)C(=O)NC1=O. The molecule has 60 valence electrons. The van der Waals surface area contributed by atoms with Gasteiger partial charge in [0.1, 0.15) is 0 Å². The molecule has 0 aromatic heterocycles. The van der Waals surface area contributed by atoms with Crippen molar-refractivity contribution in [3.05, 3.63) is 11.1 Å². The third-order valence-corrected chi connectivity index (χ3v) is 1.85. The maximum atomic E-state index is 11.0. The predicted molar refractivity (Wildman–Crippen MR) is 40.8 cm³/mol. The van der Waals surface area contributed by atoms with E-state index in [1.165, 1.54) is 0 Å². The van der Waals surface area contributed by atoms with Crippen LogP contribution in [0.2, 0.25) is 0 Å². The highest BCUT2D eigenvalue weighted by Crippen LogP contribution is 2.17. The van der Waals surface area contributed by atoms with E-state index < -0.39 is 0 Å². The van der Waals surface area contributed by atoms with Crippen LogP contribution in [0.15, 0.2) is 11.1 Å². The summed E-state index contributed by atoms with van der Waals surface area (Å²) in [6.45, 7) is 3.76. The minimum atomic E-state index is -0.214. The quantitative estimate of drug-likeness (QED) is 0.595. The van der Waals surface area contributed by atoms with Crippen molar-refractivity contribution in [1.82, 2.24) is 5.32 Å². The van der Waals surface area contributed by atoms with Crippen LogP contribution < -0.4 is 5.32 Å². The van der Waals surface area contributed by atoms with Gasteiger partial charge in [-0.3, -0.25) is 14.9 Å². The van der Waals surface area contributed by atoms with Gasteiger partial charge in [0.15, 0.2) is 0 Å². The molecule has 1 aliphatic rings. The highest BCUT2D eigenvalue weighted by Gasteiger charge is 2.26. The van der Waals surface area contributed by atoms with E-state index in [1.807, 2.05) is 13.8 Å². The summed E-state index contributed by atoms with van der Waals surface area (Å²) < 4.78 is 0. The molecule has 1 rings (SSSR count). The van der Waals surface area contributed by atoms with Gasteiger partial charge in [-0.05, 0) is 12.8 Å². The molecule has 1 aliphatic heterocycles. The van der Waals surface area contributed by atoms with Gasteiger partial charge in [-0.15, -0.1) is 0 Å². The second kappa shape index (κ2) is 2.86. The van der Waals surface area contributed by atoms with E-state index in [1.54, 1.807) is 0 Å². The molecule has 0 spiro atoms. The molecule has 0 atom stereocenters. The monoisotopic (exact) mass is 153 g/mol.